The van der Waals surface area contributed by atoms with Gasteiger partial charge in [0.2, 0.25) is 0 Å². The van der Waals surface area contributed by atoms with Crippen LogP contribution in [0.25, 0.3) is 0 Å². The largest absolute Gasteiger partial charge is 0.0683 e. The molecule has 0 aliphatic rings. The molecule has 0 aliphatic heterocycles. The van der Waals surface area contributed by atoms with Gasteiger partial charge in [0.25, 0.3) is 0 Å². The molecule has 16 heavy (non-hydrogen) atoms. The van der Waals surface area contributed by atoms with Gasteiger partial charge in [-0.05, 0) is 12.0 Å². The van der Waals surface area contributed by atoms with Crippen LogP contribution in [0.3, 0.4) is 0 Å². The van der Waals surface area contributed by atoms with Crippen LogP contribution in [0.1, 0.15) is 27.8 Å². The Hall–Kier alpha value is -1.56. The van der Waals surface area contributed by atoms with Crippen molar-refractivity contribution in [2.24, 2.45) is 0 Å². The quantitative estimate of drug-likeness (QED) is 0.614. The lowest BCUT2D eigenvalue weighted by Gasteiger charge is -1.89. The van der Waals surface area contributed by atoms with E-state index in [2.05, 4.69) is 31.2 Å². The Labute approximate surface area is 101 Å². The van der Waals surface area contributed by atoms with E-state index in [1.54, 1.807) is 0 Å². The van der Waals surface area contributed by atoms with Gasteiger partial charge in [-0.15, -0.1) is 0 Å². The third kappa shape index (κ3) is 7.81. The van der Waals surface area contributed by atoms with E-state index in [1.807, 2.05) is 56.3 Å². The summed E-state index contributed by atoms with van der Waals surface area (Å²) in [6, 6.07) is 22.5. The molecule has 0 nitrogen and oxygen atoms in total. The minimum atomic E-state index is 0. The van der Waals surface area contributed by atoms with Gasteiger partial charge in [-0.2, -0.15) is 0 Å². The second kappa shape index (κ2) is 11.5. The first-order valence-corrected chi connectivity index (χ1v) is 5.97. The summed E-state index contributed by atoms with van der Waals surface area (Å²) in [6.07, 6.45) is 1.14. The number of rotatable bonds is 1. The van der Waals surface area contributed by atoms with Gasteiger partial charge in [0.15, 0.2) is 0 Å². The lowest BCUT2D eigenvalue weighted by Crippen LogP contribution is -1.73. The molecule has 88 valence electrons. The topological polar surface area (TPSA) is 0 Å². The highest BCUT2D eigenvalue weighted by Gasteiger charge is 1.79. The van der Waals surface area contributed by atoms with Crippen LogP contribution >= 0.6 is 0 Å². The first kappa shape index (κ1) is 14.4. The molecule has 0 bridgehead atoms. The summed E-state index contributed by atoms with van der Waals surface area (Å²) in [7, 11) is 0. The van der Waals surface area contributed by atoms with E-state index in [0.29, 0.717) is 0 Å². The van der Waals surface area contributed by atoms with Gasteiger partial charge < -0.3 is 0 Å². The fourth-order valence-corrected chi connectivity index (χ4v) is 1.10. The van der Waals surface area contributed by atoms with Crippen LogP contribution in [0.4, 0.5) is 0 Å². The molecule has 0 fully saturated rings. The van der Waals surface area contributed by atoms with Gasteiger partial charge in [-0.3, -0.25) is 0 Å². The van der Waals surface area contributed by atoms with E-state index >= 15 is 0 Å². The Kier molecular flexibility index (Phi) is 10.4. The molecular weight excluding hydrogens is 192 g/mol. The van der Waals surface area contributed by atoms with Crippen LogP contribution in [0.5, 0.6) is 0 Å². The Morgan fingerprint density at radius 3 is 1.25 bits per heavy atom. The van der Waals surface area contributed by atoms with Crippen molar-refractivity contribution in [2.75, 3.05) is 0 Å². The molecular formula is C16H24. The molecule has 2 aromatic rings. The maximum absolute atomic E-state index is 2.16. The molecule has 2 rings (SSSR count). The molecule has 0 aliphatic carbocycles. The molecule has 0 saturated carbocycles. The molecule has 0 spiro atoms. The zero-order valence-electron chi connectivity index (χ0n) is 10.6. The number of aryl methyl sites for hydroxylation is 1. The summed E-state index contributed by atoms with van der Waals surface area (Å²) in [5, 5.41) is 0. The smallest absolute Gasteiger partial charge is 0 e. The minimum absolute atomic E-state index is 0. The predicted molar refractivity (Wildman–Crippen MR) is 75.7 cm³/mol. The first-order valence-electron chi connectivity index (χ1n) is 5.97. The van der Waals surface area contributed by atoms with Gasteiger partial charge in [0, 0.05) is 1.43 Å². The van der Waals surface area contributed by atoms with Gasteiger partial charge in [0.05, 0.1) is 0 Å². The van der Waals surface area contributed by atoms with E-state index in [0.717, 1.165) is 6.42 Å². The van der Waals surface area contributed by atoms with Crippen molar-refractivity contribution in [2.45, 2.75) is 27.2 Å². The standard InChI is InChI=1S/C8H10.C6H6.C2H6.H2/c1-2-8-6-4-3-5-7-8;1-2-4-6-5-3-1;1-2;/h3-7H,2H2,1H3;1-6H;1-2H3;1H. The molecule has 0 heteroatoms. The molecule has 0 radical (unpaired) electrons. The maximum atomic E-state index is 2.16. The third-order valence-corrected chi connectivity index (χ3v) is 1.92. The zero-order chi connectivity index (χ0) is 12.1. The number of hydrogen-bond acceptors (Lipinski definition) is 0. The SMILES string of the molecule is CC.CCc1ccccc1.[HH].c1ccccc1. The van der Waals surface area contributed by atoms with E-state index in [1.165, 1.54) is 5.56 Å². The van der Waals surface area contributed by atoms with Crippen molar-refractivity contribution in [3.63, 3.8) is 0 Å². The fourth-order valence-electron chi connectivity index (χ4n) is 1.10. The van der Waals surface area contributed by atoms with E-state index in [9.17, 15) is 0 Å². The van der Waals surface area contributed by atoms with Gasteiger partial charge >= 0.3 is 0 Å². The Morgan fingerprint density at radius 2 is 1.00 bits per heavy atom. The van der Waals surface area contributed by atoms with Gasteiger partial charge in [-0.25, -0.2) is 0 Å². The summed E-state index contributed by atoms with van der Waals surface area (Å²) in [5.41, 5.74) is 1.41. The normalized spacial score (nSPS) is 7.94. The minimum Gasteiger partial charge on any atom is -0.0683 e. The molecule has 0 amide bonds. The second-order valence-corrected chi connectivity index (χ2v) is 2.99. The van der Waals surface area contributed by atoms with E-state index in [-0.39, 0.29) is 1.43 Å². The summed E-state index contributed by atoms with van der Waals surface area (Å²) in [6.45, 7) is 6.16. The number of benzene rings is 2. The lowest BCUT2D eigenvalue weighted by atomic mass is 10.2. The average Bonchev–Trinajstić information content (AvgIpc) is 2.44. The van der Waals surface area contributed by atoms with Gasteiger partial charge in [0.1, 0.15) is 0 Å². The Balaban J connectivity index is 0. The highest BCUT2D eigenvalue weighted by atomic mass is 13.9. The van der Waals surface area contributed by atoms with Crippen molar-refractivity contribution < 1.29 is 1.43 Å². The first-order chi connectivity index (χ1) is 7.93. The Bertz CT molecular complexity index is 289. The van der Waals surface area contributed by atoms with Crippen molar-refractivity contribution >= 4 is 0 Å². The van der Waals surface area contributed by atoms with Crippen LogP contribution in [-0.2, 0) is 6.42 Å². The van der Waals surface area contributed by atoms with E-state index in [4.69, 9.17) is 0 Å². The monoisotopic (exact) mass is 216 g/mol. The van der Waals surface area contributed by atoms with Crippen molar-refractivity contribution in [3.05, 3.63) is 72.3 Å². The summed E-state index contributed by atoms with van der Waals surface area (Å²) >= 11 is 0. The molecule has 0 saturated heterocycles. The molecule has 0 aromatic heterocycles. The lowest BCUT2D eigenvalue weighted by molar-refractivity contribution is 1.14. The predicted octanol–water partition coefficient (Wildman–Crippen LogP) is 5.21. The van der Waals surface area contributed by atoms with Crippen molar-refractivity contribution in [1.29, 1.82) is 0 Å². The van der Waals surface area contributed by atoms with Gasteiger partial charge in [-0.1, -0.05) is 87.5 Å². The second-order valence-electron chi connectivity index (χ2n) is 2.99. The average molecular weight is 216 g/mol. The van der Waals surface area contributed by atoms with Crippen LogP contribution in [0.2, 0.25) is 0 Å². The number of hydrogen-bond donors (Lipinski definition) is 0. The van der Waals surface area contributed by atoms with Crippen LogP contribution in [0, 0.1) is 0 Å². The third-order valence-electron chi connectivity index (χ3n) is 1.92. The van der Waals surface area contributed by atoms with Crippen LogP contribution < -0.4 is 0 Å². The highest BCUT2D eigenvalue weighted by Crippen LogP contribution is 1.96. The fraction of sp³-hybridized carbons (Fsp3) is 0.250. The maximum Gasteiger partial charge on any atom is 0 e. The van der Waals surface area contributed by atoms with Crippen LogP contribution in [0.15, 0.2) is 66.7 Å². The Morgan fingerprint density at radius 1 is 0.688 bits per heavy atom. The summed E-state index contributed by atoms with van der Waals surface area (Å²) < 4.78 is 0. The van der Waals surface area contributed by atoms with Crippen molar-refractivity contribution in [3.8, 4) is 0 Å². The van der Waals surface area contributed by atoms with Crippen LogP contribution in [-0.4, -0.2) is 0 Å². The zero-order valence-corrected chi connectivity index (χ0v) is 10.6. The molecule has 0 heterocycles. The highest BCUT2D eigenvalue weighted by molar-refractivity contribution is 5.13. The molecule has 0 atom stereocenters. The molecule has 2 aromatic carbocycles. The van der Waals surface area contributed by atoms with Crippen molar-refractivity contribution in [1.82, 2.24) is 0 Å². The molecule has 0 N–H and O–H groups in total. The summed E-state index contributed by atoms with van der Waals surface area (Å²) in [4.78, 5) is 0. The van der Waals surface area contributed by atoms with E-state index < -0.39 is 0 Å². The summed E-state index contributed by atoms with van der Waals surface area (Å²) in [5.74, 6) is 0. The molecule has 0 unspecified atom stereocenters.